The third-order valence-corrected chi connectivity index (χ3v) is 8.40. The summed E-state index contributed by atoms with van der Waals surface area (Å²) in [5.41, 5.74) is 1.22. The number of anilines is 1. The summed E-state index contributed by atoms with van der Waals surface area (Å²) < 4.78 is 20.4. The second-order valence-electron chi connectivity index (χ2n) is 7.58. The highest BCUT2D eigenvalue weighted by Gasteiger charge is 2.25. The van der Waals surface area contributed by atoms with Crippen LogP contribution in [0.25, 0.3) is 11.3 Å². The SMILES string of the molecule is COC(=O)c1nc(-c2ccc(S(C)(C)c3ccccc3)c(F)c2C)cc(NC(C)=O)c1Cl. The summed E-state index contributed by atoms with van der Waals surface area (Å²) in [7, 11) is -0.387. The lowest BCUT2D eigenvalue weighted by Gasteiger charge is -2.33. The van der Waals surface area contributed by atoms with Gasteiger partial charge in [0.2, 0.25) is 5.91 Å². The number of esters is 1. The molecule has 0 saturated carbocycles. The monoisotopic (exact) mass is 474 g/mol. The summed E-state index contributed by atoms with van der Waals surface area (Å²) >= 11 is 6.26. The Balaban J connectivity index is 2.18. The summed E-state index contributed by atoms with van der Waals surface area (Å²) in [6.07, 6.45) is 4.09. The van der Waals surface area contributed by atoms with Gasteiger partial charge >= 0.3 is 5.97 Å². The molecule has 1 N–H and O–H groups in total. The van der Waals surface area contributed by atoms with Gasteiger partial charge in [0.15, 0.2) is 5.69 Å². The highest BCUT2D eigenvalue weighted by atomic mass is 35.5. The van der Waals surface area contributed by atoms with E-state index in [2.05, 4.69) is 10.3 Å². The van der Waals surface area contributed by atoms with Gasteiger partial charge in [0.05, 0.1) is 23.5 Å². The molecule has 0 aliphatic carbocycles. The molecule has 1 heterocycles. The number of aromatic nitrogens is 1. The molecular weight excluding hydrogens is 451 g/mol. The van der Waals surface area contributed by atoms with Crippen LogP contribution < -0.4 is 5.32 Å². The molecule has 3 aromatic rings. The van der Waals surface area contributed by atoms with Crippen LogP contribution in [-0.2, 0) is 9.53 Å². The van der Waals surface area contributed by atoms with Gasteiger partial charge in [0, 0.05) is 17.4 Å². The van der Waals surface area contributed by atoms with Crippen molar-refractivity contribution in [1.29, 1.82) is 0 Å². The van der Waals surface area contributed by atoms with Crippen molar-refractivity contribution in [3.05, 3.63) is 70.6 Å². The van der Waals surface area contributed by atoms with Gasteiger partial charge < -0.3 is 10.1 Å². The predicted molar refractivity (Wildman–Crippen MR) is 127 cm³/mol. The highest BCUT2D eigenvalue weighted by Crippen LogP contribution is 2.58. The largest absolute Gasteiger partial charge is 0.464 e. The van der Waals surface area contributed by atoms with E-state index in [0.717, 1.165) is 4.90 Å². The lowest BCUT2D eigenvalue weighted by Crippen LogP contribution is -2.12. The number of benzene rings is 2. The molecule has 0 fully saturated rings. The maximum Gasteiger partial charge on any atom is 0.358 e. The number of nitrogens with one attached hydrogen (secondary N) is 1. The van der Waals surface area contributed by atoms with E-state index in [1.165, 1.54) is 20.1 Å². The van der Waals surface area contributed by atoms with Crippen LogP contribution in [0.4, 0.5) is 10.1 Å². The molecule has 0 radical (unpaired) electrons. The van der Waals surface area contributed by atoms with Crippen molar-refractivity contribution < 1.29 is 18.7 Å². The van der Waals surface area contributed by atoms with Crippen LogP contribution in [0.15, 0.2) is 58.3 Å². The fraction of sp³-hybridized carbons (Fsp3) is 0.208. The summed E-state index contributed by atoms with van der Waals surface area (Å²) in [6, 6.07) is 14.9. The summed E-state index contributed by atoms with van der Waals surface area (Å²) in [6.45, 7) is 2.99. The number of pyridine rings is 1. The first-order chi connectivity index (χ1) is 15.1. The van der Waals surface area contributed by atoms with Crippen molar-refractivity contribution in [3.8, 4) is 11.3 Å². The number of hydrogen-bond donors (Lipinski definition) is 1. The lowest BCUT2D eigenvalue weighted by molar-refractivity contribution is -0.114. The van der Waals surface area contributed by atoms with Gasteiger partial charge in [-0.1, -0.05) is 35.9 Å². The molecule has 0 bridgehead atoms. The van der Waals surface area contributed by atoms with E-state index in [4.69, 9.17) is 16.3 Å². The van der Waals surface area contributed by atoms with E-state index < -0.39 is 16.0 Å². The lowest BCUT2D eigenvalue weighted by atomic mass is 10.0. The maximum absolute atomic E-state index is 15.6. The predicted octanol–water partition coefficient (Wildman–Crippen LogP) is 6.08. The van der Waals surface area contributed by atoms with E-state index in [0.29, 0.717) is 21.7 Å². The van der Waals surface area contributed by atoms with Crippen LogP contribution in [0.5, 0.6) is 0 Å². The van der Waals surface area contributed by atoms with E-state index >= 15 is 4.39 Å². The molecule has 2 aromatic carbocycles. The third kappa shape index (κ3) is 4.49. The second-order valence-corrected chi connectivity index (χ2v) is 11.5. The van der Waals surface area contributed by atoms with Crippen LogP contribution in [0.1, 0.15) is 23.0 Å². The minimum atomic E-state index is -1.60. The minimum absolute atomic E-state index is 0.0415. The molecule has 0 unspecified atom stereocenters. The fourth-order valence-corrected chi connectivity index (χ4v) is 5.72. The van der Waals surface area contributed by atoms with Gasteiger partial charge in [-0.15, -0.1) is 0 Å². The molecule has 0 spiro atoms. The zero-order chi connectivity index (χ0) is 23.6. The van der Waals surface area contributed by atoms with Crippen LogP contribution >= 0.6 is 21.6 Å². The Labute approximate surface area is 193 Å². The number of hydrogen-bond acceptors (Lipinski definition) is 4. The first-order valence-corrected chi connectivity index (χ1v) is 12.5. The van der Waals surface area contributed by atoms with Crippen LogP contribution in [-0.4, -0.2) is 36.5 Å². The number of nitrogens with zero attached hydrogens (tertiary/aromatic N) is 1. The first-order valence-electron chi connectivity index (χ1n) is 9.72. The topological polar surface area (TPSA) is 68.3 Å². The van der Waals surface area contributed by atoms with Crippen molar-refractivity contribution >= 4 is 39.2 Å². The Kier molecular flexibility index (Phi) is 6.91. The molecule has 1 aromatic heterocycles. The van der Waals surface area contributed by atoms with E-state index in [1.54, 1.807) is 19.1 Å². The molecular formula is C24H24ClFN2O3S. The quantitative estimate of drug-likeness (QED) is 0.455. The van der Waals surface area contributed by atoms with Crippen LogP contribution in [0, 0.1) is 12.7 Å². The number of carbonyl (C=O) groups is 2. The van der Waals surface area contributed by atoms with Gasteiger partial charge in [0.25, 0.3) is 0 Å². The van der Waals surface area contributed by atoms with Crippen LogP contribution in [0.3, 0.4) is 0 Å². The van der Waals surface area contributed by atoms with Gasteiger partial charge in [0.1, 0.15) is 5.82 Å². The molecule has 1 amide bonds. The van der Waals surface area contributed by atoms with E-state index in [-0.39, 0.29) is 28.1 Å². The standard InChI is InChI=1S/C24H24ClFN2O3S/c1-14-17(11-12-20(22(14)26)32(4,5)16-9-7-6-8-10-16)18-13-19(27-15(2)29)21(25)23(28-18)24(30)31-3/h6-13H,1-5H3,(H,27,28,29). The Morgan fingerprint density at radius 2 is 1.78 bits per heavy atom. The Morgan fingerprint density at radius 1 is 1.12 bits per heavy atom. The number of amides is 1. The van der Waals surface area contributed by atoms with Crippen molar-refractivity contribution in [3.63, 3.8) is 0 Å². The van der Waals surface area contributed by atoms with Crippen LogP contribution in [0.2, 0.25) is 5.02 Å². The third-order valence-electron chi connectivity index (χ3n) is 5.16. The molecule has 0 aliphatic rings. The molecule has 32 heavy (non-hydrogen) atoms. The number of rotatable bonds is 5. The van der Waals surface area contributed by atoms with E-state index in [9.17, 15) is 9.59 Å². The van der Waals surface area contributed by atoms with Crippen molar-refractivity contribution in [1.82, 2.24) is 4.98 Å². The normalized spacial score (nSPS) is 11.7. The molecule has 8 heteroatoms. The fourth-order valence-electron chi connectivity index (χ4n) is 3.40. The van der Waals surface area contributed by atoms with Crippen molar-refractivity contribution in [2.45, 2.75) is 23.6 Å². The Bertz CT molecular complexity index is 1200. The summed E-state index contributed by atoms with van der Waals surface area (Å²) in [5, 5.41) is 2.54. The number of carbonyl (C=O) groups excluding carboxylic acids is 2. The first kappa shape index (κ1) is 23.8. The zero-order valence-electron chi connectivity index (χ0n) is 18.5. The molecule has 0 saturated heterocycles. The zero-order valence-corrected chi connectivity index (χ0v) is 20.0. The number of ether oxygens (including phenoxy) is 1. The highest BCUT2D eigenvalue weighted by molar-refractivity contribution is 8.32. The Morgan fingerprint density at radius 3 is 2.38 bits per heavy atom. The molecule has 168 valence electrons. The molecule has 0 aliphatic heterocycles. The van der Waals surface area contributed by atoms with Gasteiger partial charge in [-0.3, -0.25) is 4.79 Å². The van der Waals surface area contributed by atoms with Crippen molar-refractivity contribution in [2.24, 2.45) is 0 Å². The molecule has 3 rings (SSSR count). The maximum atomic E-state index is 15.6. The number of methoxy groups -OCH3 is 1. The van der Waals surface area contributed by atoms with Crippen molar-refractivity contribution in [2.75, 3.05) is 24.9 Å². The summed E-state index contributed by atoms with van der Waals surface area (Å²) in [5.74, 6) is -1.46. The average Bonchev–Trinajstić information content (AvgIpc) is 2.76. The average molecular weight is 475 g/mol. The Hall–Kier alpha value is -2.90. The smallest absolute Gasteiger partial charge is 0.358 e. The van der Waals surface area contributed by atoms with E-state index in [1.807, 2.05) is 42.8 Å². The molecule has 5 nitrogen and oxygen atoms in total. The minimum Gasteiger partial charge on any atom is -0.464 e. The number of halogens is 2. The van der Waals surface area contributed by atoms with Gasteiger partial charge in [-0.25, -0.2) is 14.2 Å². The summed E-state index contributed by atoms with van der Waals surface area (Å²) in [4.78, 5) is 29.8. The molecule has 0 atom stereocenters. The second kappa shape index (κ2) is 9.30. The van der Waals surface area contributed by atoms with Gasteiger partial charge in [-0.2, -0.15) is 10.0 Å². The van der Waals surface area contributed by atoms with Gasteiger partial charge in [-0.05, 0) is 54.2 Å².